The molecule has 0 aliphatic carbocycles. The smallest absolute Gasteiger partial charge is 0.282 e. The third-order valence-electron chi connectivity index (χ3n) is 5.53. The van der Waals surface area contributed by atoms with Crippen molar-refractivity contribution in [3.8, 4) is 0 Å². The van der Waals surface area contributed by atoms with Crippen LogP contribution in [0, 0.1) is 6.92 Å². The molecule has 0 radical (unpaired) electrons. The molecule has 5 nitrogen and oxygen atoms in total. The van der Waals surface area contributed by atoms with Gasteiger partial charge < -0.3 is 10.2 Å². The lowest BCUT2D eigenvalue weighted by Gasteiger charge is -2.22. The van der Waals surface area contributed by atoms with E-state index < -0.39 is 0 Å². The summed E-state index contributed by atoms with van der Waals surface area (Å²) in [6.45, 7) is 7.87. The van der Waals surface area contributed by atoms with Gasteiger partial charge in [-0.15, -0.1) is 11.3 Å². The SMILES string of the molecule is CCN(CC)c1ccc(N2C(=O)C(Nc3ccc(C)c(Cl)c3)=C(c3cccs3)C2=O)cc1. The van der Waals surface area contributed by atoms with Crippen LogP contribution >= 0.6 is 22.9 Å². The summed E-state index contributed by atoms with van der Waals surface area (Å²) in [4.78, 5) is 31.1. The van der Waals surface area contributed by atoms with Crippen LogP contribution in [0.5, 0.6) is 0 Å². The van der Waals surface area contributed by atoms with Gasteiger partial charge in [-0.25, -0.2) is 4.90 Å². The van der Waals surface area contributed by atoms with E-state index in [9.17, 15) is 9.59 Å². The van der Waals surface area contributed by atoms with Crippen LogP contribution in [0.1, 0.15) is 24.3 Å². The van der Waals surface area contributed by atoms with E-state index in [2.05, 4.69) is 24.1 Å². The monoisotopic (exact) mass is 465 g/mol. The number of halogens is 1. The molecule has 2 heterocycles. The number of hydrogen-bond donors (Lipinski definition) is 1. The highest BCUT2D eigenvalue weighted by Crippen LogP contribution is 2.36. The molecular weight excluding hydrogens is 442 g/mol. The molecule has 0 bridgehead atoms. The minimum Gasteiger partial charge on any atom is -0.372 e. The zero-order chi connectivity index (χ0) is 22.8. The Morgan fingerprint density at radius 2 is 1.72 bits per heavy atom. The van der Waals surface area contributed by atoms with E-state index >= 15 is 0 Å². The fourth-order valence-corrected chi connectivity index (χ4v) is 4.69. The number of carbonyl (C=O) groups excluding carboxylic acids is 2. The van der Waals surface area contributed by atoms with E-state index in [-0.39, 0.29) is 17.5 Å². The van der Waals surface area contributed by atoms with Crippen LogP contribution < -0.4 is 15.1 Å². The lowest BCUT2D eigenvalue weighted by molar-refractivity contribution is -0.120. The summed E-state index contributed by atoms with van der Waals surface area (Å²) in [7, 11) is 0. The summed E-state index contributed by atoms with van der Waals surface area (Å²) >= 11 is 7.69. The van der Waals surface area contributed by atoms with Gasteiger partial charge in [-0.1, -0.05) is 23.7 Å². The molecule has 1 N–H and O–H groups in total. The van der Waals surface area contributed by atoms with Gasteiger partial charge >= 0.3 is 0 Å². The van der Waals surface area contributed by atoms with Crippen LogP contribution in [-0.2, 0) is 9.59 Å². The first-order chi connectivity index (χ1) is 15.4. The first kappa shape index (κ1) is 22.1. The number of imide groups is 1. The van der Waals surface area contributed by atoms with Gasteiger partial charge in [-0.3, -0.25) is 9.59 Å². The maximum absolute atomic E-state index is 13.5. The fourth-order valence-electron chi connectivity index (χ4n) is 3.75. The molecule has 4 rings (SSSR count). The Bertz CT molecular complexity index is 1180. The van der Waals surface area contributed by atoms with Gasteiger partial charge in [0.1, 0.15) is 5.70 Å². The van der Waals surface area contributed by atoms with Gasteiger partial charge in [-0.2, -0.15) is 0 Å². The minimum absolute atomic E-state index is 0.255. The van der Waals surface area contributed by atoms with Crippen LogP contribution in [0.25, 0.3) is 5.57 Å². The quantitative estimate of drug-likeness (QED) is 0.438. The molecule has 7 heteroatoms. The molecule has 1 aliphatic heterocycles. The minimum atomic E-state index is -0.384. The van der Waals surface area contributed by atoms with E-state index in [1.807, 2.05) is 60.8 Å². The number of rotatable bonds is 7. The normalized spacial score (nSPS) is 13.8. The van der Waals surface area contributed by atoms with E-state index in [1.54, 1.807) is 6.07 Å². The molecule has 164 valence electrons. The van der Waals surface area contributed by atoms with E-state index in [0.717, 1.165) is 29.2 Å². The molecular formula is C25H24ClN3O2S. The highest BCUT2D eigenvalue weighted by molar-refractivity contribution is 7.11. The number of anilines is 3. The Hall–Kier alpha value is -3.09. The van der Waals surface area contributed by atoms with Crippen molar-refractivity contribution in [3.63, 3.8) is 0 Å². The van der Waals surface area contributed by atoms with E-state index in [1.165, 1.54) is 16.2 Å². The number of carbonyl (C=O) groups is 2. The zero-order valence-corrected chi connectivity index (χ0v) is 19.8. The molecule has 1 aliphatic rings. The Morgan fingerprint density at radius 1 is 1.00 bits per heavy atom. The van der Waals surface area contributed by atoms with Gasteiger partial charge in [-0.05, 0) is 74.2 Å². The van der Waals surface area contributed by atoms with Crippen LogP contribution in [-0.4, -0.2) is 24.9 Å². The maximum atomic E-state index is 13.5. The van der Waals surface area contributed by atoms with Gasteiger partial charge in [0, 0.05) is 34.4 Å². The van der Waals surface area contributed by atoms with Gasteiger partial charge in [0.25, 0.3) is 11.8 Å². The summed E-state index contributed by atoms with van der Waals surface area (Å²) in [6, 6.07) is 16.7. The van der Waals surface area contributed by atoms with Crippen molar-refractivity contribution >= 4 is 57.4 Å². The highest BCUT2D eigenvalue weighted by Gasteiger charge is 2.40. The average molecular weight is 466 g/mol. The maximum Gasteiger partial charge on any atom is 0.282 e. The van der Waals surface area contributed by atoms with Crippen LogP contribution in [0.2, 0.25) is 5.02 Å². The zero-order valence-electron chi connectivity index (χ0n) is 18.2. The fraction of sp³-hybridized carbons (Fsp3) is 0.200. The van der Waals surface area contributed by atoms with Crippen molar-refractivity contribution in [1.29, 1.82) is 0 Å². The lowest BCUT2D eigenvalue weighted by atomic mass is 10.1. The van der Waals surface area contributed by atoms with Crippen molar-refractivity contribution < 1.29 is 9.59 Å². The molecule has 0 spiro atoms. The van der Waals surface area contributed by atoms with Crippen molar-refractivity contribution in [3.05, 3.63) is 81.1 Å². The third-order valence-corrected chi connectivity index (χ3v) is 6.82. The molecule has 0 fully saturated rings. The van der Waals surface area contributed by atoms with Crippen molar-refractivity contribution in [2.45, 2.75) is 20.8 Å². The number of nitrogens with zero attached hydrogens (tertiary/aromatic N) is 2. The summed E-state index contributed by atoms with van der Waals surface area (Å²) in [5, 5.41) is 5.64. The Morgan fingerprint density at radius 3 is 2.31 bits per heavy atom. The second-order valence-electron chi connectivity index (χ2n) is 7.45. The van der Waals surface area contributed by atoms with Crippen LogP contribution in [0.15, 0.2) is 65.7 Å². The standard InChI is InChI=1S/C25H24ClN3O2S/c1-4-28(5-2)18-10-12-19(13-11-18)29-24(30)22(21-7-6-14-32-21)23(25(29)31)27-17-9-8-16(3)20(26)15-17/h6-15,27H,4-5H2,1-3H3. The average Bonchev–Trinajstić information content (AvgIpc) is 3.39. The van der Waals surface area contributed by atoms with Crippen molar-refractivity contribution in [2.75, 3.05) is 28.2 Å². The predicted molar refractivity (Wildman–Crippen MR) is 134 cm³/mol. The van der Waals surface area contributed by atoms with Crippen LogP contribution in [0.3, 0.4) is 0 Å². The number of benzene rings is 2. The summed E-state index contributed by atoms with van der Waals surface area (Å²) < 4.78 is 0. The van der Waals surface area contributed by atoms with Gasteiger partial charge in [0.15, 0.2) is 0 Å². The Balaban J connectivity index is 1.71. The molecule has 1 aromatic heterocycles. The molecule has 2 amide bonds. The molecule has 0 atom stereocenters. The Labute approximate surface area is 196 Å². The largest absolute Gasteiger partial charge is 0.372 e. The first-order valence-corrected chi connectivity index (χ1v) is 11.8. The first-order valence-electron chi connectivity index (χ1n) is 10.5. The highest BCUT2D eigenvalue weighted by atomic mass is 35.5. The molecule has 2 aromatic carbocycles. The number of nitrogens with one attached hydrogen (secondary N) is 1. The third kappa shape index (κ3) is 4.04. The Kier molecular flexibility index (Phi) is 6.35. The van der Waals surface area contributed by atoms with Gasteiger partial charge in [0.2, 0.25) is 0 Å². The predicted octanol–water partition coefficient (Wildman–Crippen LogP) is 5.95. The molecule has 0 unspecified atom stereocenters. The lowest BCUT2D eigenvalue weighted by Crippen LogP contribution is -2.32. The number of thiophene rings is 1. The van der Waals surface area contributed by atoms with E-state index in [4.69, 9.17) is 11.6 Å². The molecule has 0 saturated heterocycles. The topological polar surface area (TPSA) is 52.6 Å². The number of amides is 2. The van der Waals surface area contributed by atoms with Crippen molar-refractivity contribution in [1.82, 2.24) is 0 Å². The van der Waals surface area contributed by atoms with Crippen molar-refractivity contribution in [2.24, 2.45) is 0 Å². The van der Waals surface area contributed by atoms with E-state index in [0.29, 0.717) is 22.0 Å². The second-order valence-corrected chi connectivity index (χ2v) is 8.81. The number of hydrogen-bond acceptors (Lipinski definition) is 5. The molecule has 32 heavy (non-hydrogen) atoms. The molecule has 0 saturated carbocycles. The van der Waals surface area contributed by atoms with Gasteiger partial charge in [0.05, 0.1) is 11.3 Å². The number of aryl methyl sites for hydroxylation is 1. The molecule has 3 aromatic rings. The summed E-state index contributed by atoms with van der Waals surface area (Å²) in [5.74, 6) is -0.723. The second kappa shape index (κ2) is 9.18. The summed E-state index contributed by atoms with van der Waals surface area (Å²) in [6.07, 6.45) is 0. The summed E-state index contributed by atoms with van der Waals surface area (Å²) in [5.41, 5.74) is 3.82. The van der Waals surface area contributed by atoms with Crippen LogP contribution in [0.4, 0.5) is 17.1 Å².